The Morgan fingerprint density at radius 3 is 2.75 bits per heavy atom. The molecule has 0 spiro atoms. The largest absolute Gasteiger partial charge is 0.494 e. The highest BCUT2D eigenvalue weighted by Gasteiger charge is 2.06. The lowest BCUT2D eigenvalue weighted by Gasteiger charge is -2.10. The van der Waals surface area contributed by atoms with Gasteiger partial charge in [0.15, 0.2) is 0 Å². The molecule has 0 amide bonds. The van der Waals surface area contributed by atoms with Crippen LogP contribution in [0.4, 0.5) is 5.82 Å². The quantitative estimate of drug-likeness (QED) is 0.817. The molecule has 2 aromatic rings. The molecule has 0 aliphatic heterocycles. The van der Waals surface area contributed by atoms with Gasteiger partial charge in [0.25, 0.3) is 0 Å². The Hall–Kier alpha value is -1.81. The maximum absolute atomic E-state index is 5.46. The number of hydrogen-bond acceptors (Lipinski definition) is 4. The van der Waals surface area contributed by atoms with Crippen LogP contribution in [-0.4, -0.2) is 25.2 Å². The van der Waals surface area contributed by atoms with Crippen LogP contribution in [0.3, 0.4) is 0 Å². The number of fused-ring (bicyclic) bond motifs is 1. The SMILES string of the molecule is COc1cnc(NCCN)c2ccccc12. The number of benzene rings is 1. The Bertz CT molecular complexity index is 485. The molecule has 2 rings (SSSR count). The van der Waals surface area contributed by atoms with E-state index in [1.165, 1.54) is 0 Å². The molecule has 1 heterocycles. The lowest BCUT2D eigenvalue weighted by Crippen LogP contribution is -2.14. The van der Waals surface area contributed by atoms with Crippen molar-refractivity contribution in [3.05, 3.63) is 30.5 Å². The summed E-state index contributed by atoms with van der Waals surface area (Å²) in [6.45, 7) is 1.30. The molecule has 0 saturated heterocycles. The highest BCUT2D eigenvalue weighted by molar-refractivity contribution is 5.95. The second kappa shape index (κ2) is 4.81. The molecule has 1 aromatic carbocycles. The number of methoxy groups -OCH3 is 1. The molecule has 4 nitrogen and oxygen atoms in total. The van der Waals surface area contributed by atoms with Crippen LogP contribution in [0.25, 0.3) is 10.8 Å². The predicted molar refractivity (Wildman–Crippen MR) is 65.8 cm³/mol. The van der Waals surface area contributed by atoms with Crippen molar-refractivity contribution in [2.24, 2.45) is 5.73 Å². The number of rotatable bonds is 4. The molecule has 0 atom stereocenters. The summed E-state index contributed by atoms with van der Waals surface area (Å²) in [6.07, 6.45) is 1.72. The number of aromatic nitrogens is 1. The summed E-state index contributed by atoms with van der Waals surface area (Å²) in [6, 6.07) is 8.00. The average molecular weight is 217 g/mol. The molecule has 3 N–H and O–H groups in total. The van der Waals surface area contributed by atoms with E-state index < -0.39 is 0 Å². The number of ether oxygens (including phenoxy) is 1. The number of nitrogens with one attached hydrogen (secondary N) is 1. The zero-order chi connectivity index (χ0) is 11.4. The van der Waals surface area contributed by atoms with Crippen molar-refractivity contribution in [1.29, 1.82) is 0 Å². The van der Waals surface area contributed by atoms with Crippen LogP contribution in [0.5, 0.6) is 5.75 Å². The minimum atomic E-state index is 0.585. The molecule has 0 aliphatic carbocycles. The van der Waals surface area contributed by atoms with E-state index in [4.69, 9.17) is 10.5 Å². The minimum absolute atomic E-state index is 0.585. The highest BCUT2D eigenvalue weighted by Crippen LogP contribution is 2.28. The molecule has 0 fully saturated rings. The first-order valence-corrected chi connectivity index (χ1v) is 5.22. The number of hydrogen-bond donors (Lipinski definition) is 2. The molecular formula is C12H15N3O. The zero-order valence-corrected chi connectivity index (χ0v) is 9.23. The molecule has 4 heteroatoms. The number of pyridine rings is 1. The molecule has 0 aliphatic rings. The summed E-state index contributed by atoms with van der Waals surface area (Å²) >= 11 is 0. The molecule has 0 radical (unpaired) electrons. The molecule has 1 aromatic heterocycles. The van der Waals surface area contributed by atoms with E-state index in [1.54, 1.807) is 13.3 Å². The lowest BCUT2D eigenvalue weighted by molar-refractivity contribution is 0.418. The summed E-state index contributed by atoms with van der Waals surface area (Å²) in [5.74, 6) is 1.63. The van der Waals surface area contributed by atoms with Crippen molar-refractivity contribution in [3.8, 4) is 5.75 Å². The second-order valence-electron chi connectivity index (χ2n) is 3.44. The Kier molecular flexibility index (Phi) is 3.22. The van der Waals surface area contributed by atoms with Gasteiger partial charge in [-0.25, -0.2) is 4.98 Å². The van der Waals surface area contributed by atoms with E-state index in [0.717, 1.165) is 22.3 Å². The summed E-state index contributed by atoms with van der Waals surface area (Å²) in [5.41, 5.74) is 5.46. The third kappa shape index (κ3) is 1.92. The van der Waals surface area contributed by atoms with Gasteiger partial charge in [-0.1, -0.05) is 24.3 Å². The van der Waals surface area contributed by atoms with Gasteiger partial charge in [0, 0.05) is 23.9 Å². The number of anilines is 1. The first kappa shape index (κ1) is 10.7. The van der Waals surface area contributed by atoms with Crippen molar-refractivity contribution < 1.29 is 4.74 Å². The van der Waals surface area contributed by atoms with Crippen LogP contribution in [-0.2, 0) is 0 Å². The van der Waals surface area contributed by atoms with Crippen molar-refractivity contribution in [1.82, 2.24) is 4.98 Å². The third-order valence-corrected chi connectivity index (χ3v) is 2.42. The monoisotopic (exact) mass is 217 g/mol. The fourth-order valence-corrected chi connectivity index (χ4v) is 1.66. The molecular weight excluding hydrogens is 202 g/mol. The van der Waals surface area contributed by atoms with E-state index in [0.29, 0.717) is 13.1 Å². The van der Waals surface area contributed by atoms with Crippen LogP contribution in [0.1, 0.15) is 0 Å². The smallest absolute Gasteiger partial charge is 0.145 e. The van der Waals surface area contributed by atoms with E-state index in [-0.39, 0.29) is 0 Å². The summed E-state index contributed by atoms with van der Waals surface area (Å²) in [5, 5.41) is 5.30. The first-order chi connectivity index (χ1) is 7.86. The Balaban J connectivity index is 2.51. The average Bonchev–Trinajstić information content (AvgIpc) is 2.36. The highest BCUT2D eigenvalue weighted by atomic mass is 16.5. The van der Waals surface area contributed by atoms with Gasteiger partial charge in [-0.05, 0) is 0 Å². The van der Waals surface area contributed by atoms with Crippen molar-refractivity contribution >= 4 is 16.6 Å². The fraction of sp³-hybridized carbons (Fsp3) is 0.250. The van der Waals surface area contributed by atoms with Gasteiger partial charge in [0.2, 0.25) is 0 Å². The van der Waals surface area contributed by atoms with Crippen LogP contribution in [0, 0.1) is 0 Å². The van der Waals surface area contributed by atoms with E-state index in [2.05, 4.69) is 10.3 Å². The van der Waals surface area contributed by atoms with E-state index in [9.17, 15) is 0 Å². The molecule has 0 unspecified atom stereocenters. The van der Waals surface area contributed by atoms with Gasteiger partial charge in [-0.2, -0.15) is 0 Å². The number of nitrogens with two attached hydrogens (primary N) is 1. The van der Waals surface area contributed by atoms with Gasteiger partial charge in [0.1, 0.15) is 11.6 Å². The first-order valence-electron chi connectivity index (χ1n) is 5.22. The molecule has 16 heavy (non-hydrogen) atoms. The summed E-state index contributed by atoms with van der Waals surface area (Å²) in [7, 11) is 1.65. The van der Waals surface area contributed by atoms with Crippen LogP contribution >= 0.6 is 0 Å². The molecule has 84 valence electrons. The molecule has 0 bridgehead atoms. The summed E-state index contributed by atoms with van der Waals surface area (Å²) < 4.78 is 5.27. The van der Waals surface area contributed by atoms with Crippen LogP contribution in [0.2, 0.25) is 0 Å². The second-order valence-corrected chi connectivity index (χ2v) is 3.44. The fourth-order valence-electron chi connectivity index (χ4n) is 1.66. The van der Waals surface area contributed by atoms with E-state index in [1.807, 2.05) is 24.3 Å². The zero-order valence-electron chi connectivity index (χ0n) is 9.23. The van der Waals surface area contributed by atoms with Crippen LogP contribution < -0.4 is 15.8 Å². The third-order valence-electron chi connectivity index (χ3n) is 2.42. The summed E-state index contributed by atoms with van der Waals surface area (Å²) in [4.78, 5) is 4.32. The van der Waals surface area contributed by atoms with Crippen LogP contribution in [0.15, 0.2) is 30.5 Å². The van der Waals surface area contributed by atoms with E-state index >= 15 is 0 Å². The maximum atomic E-state index is 5.46. The molecule has 0 saturated carbocycles. The lowest BCUT2D eigenvalue weighted by atomic mass is 10.1. The normalized spacial score (nSPS) is 10.4. The predicted octanol–water partition coefficient (Wildman–Crippen LogP) is 1.61. The van der Waals surface area contributed by atoms with Gasteiger partial charge in [-0.3, -0.25) is 0 Å². The van der Waals surface area contributed by atoms with Crippen molar-refractivity contribution in [3.63, 3.8) is 0 Å². The van der Waals surface area contributed by atoms with Gasteiger partial charge < -0.3 is 15.8 Å². The number of nitrogens with zero attached hydrogens (tertiary/aromatic N) is 1. The Morgan fingerprint density at radius 2 is 2.06 bits per heavy atom. The van der Waals surface area contributed by atoms with Gasteiger partial charge in [0.05, 0.1) is 13.3 Å². The Morgan fingerprint density at radius 1 is 1.31 bits per heavy atom. The Labute approximate surface area is 94.4 Å². The standard InChI is InChI=1S/C12H15N3O/c1-16-11-8-15-12(14-7-6-13)10-5-3-2-4-9(10)11/h2-5,8H,6-7,13H2,1H3,(H,14,15). The maximum Gasteiger partial charge on any atom is 0.145 e. The van der Waals surface area contributed by atoms with Gasteiger partial charge in [-0.15, -0.1) is 0 Å². The van der Waals surface area contributed by atoms with Crippen molar-refractivity contribution in [2.45, 2.75) is 0 Å². The van der Waals surface area contributed by atoms with Gasteiger partial charge >= 0.3 is 0 Å². The van der Waals surface area contributed by atoms with Crippen molar-refractivity contribution in [2.75, 3.05) is 25.5 Å². The topological polar surface area (TPSA) is 60.2 Å². The minimum Gasteiger partial charge on any atom is -0.494 e.